The van der Waals surface area contributed by atoms with Crippen LogP contribution in [0.4, 0.5) is 9.18 Å². The second kappa shape index (κ2) is 6.88. The zero-order valence-electron chi connectivity index (χ0n) is 15.1. The smallest absolute Gasteiger partial charge is 0.325 e. The zero-order valence-corrected chi connectivity index (χ0v) is 15.1. The van der Waals surface area contributed by atoms with Crippen molar-refractivity contribution in [3.8, 4) is 11.5 Å². The van der Waals surface area contributed by atoms with Crippen molar-refractivity contribution in [3.63, 3.8) is 0 Å². The van der Waals surface area contributed by atoms with Crippen molar-refractivity contribution in [1.82, 2.24) is 20.4 Å². The fourth-order valence-electron chi connectivity index (χ4n) is 3.29. The third-order valence-electron chi connectivity index (χ3n) is 4.82. The summed E-state index contributed by atoms with van der Waals surface area (Å²) in [4.78, 5) is 26.7. The number of aromatic nitrogens is 2. The second-order valence-electron chi connectivity index (χ2n) is 6.45. The minimum atomic E-state index is -1.11. The third-order valence-corrected chi connectivity index (χ3v) is 4.82. The lowest BCUT2D eigenvalue weighted by Gasteiger charge is -2.25. The Hall–Kier alpha value is -3.55. The van der Waals surface area contributed by atoms with Crippen LogP contribution in [0.2, 0.25) is 0 Å². The fourth-order valence-corrected chi connectivity index (χ4v) is 3.29. The number of urea groups is 1. The van der Waals surface area contributed by atoms with Crippen LogP contribution in [0.3, 0.4) is 0 Å². The Labute approximate surface area is 160 Å². The molecule has 142 valence electrons. The van der Waals surface area contributed by atoms with Gasteiger partial charge in [-0.25, -0.2) is 9.18 Å². The summed E-state index contributed by atoms with van der Waals surface area (Å²) < 4.78 is 18.6. The standard InChI is InChI=1S/C20H17FN4O3/c1-2-20(14-6-4-3-5-7-14)18(26)25(19(27)22-20)12-16-23-24-17(28-16)13-8-10-15(21)11-9-13/h3-11H,2,12H2,1H3,(H,22,27)/t20-/m1/s1. The maximum absolute atomic E-state index is 13.1. The first kappa shape index (κ1) is 17.8. The van der Waals surface area contributed by atoms with Crippen LogP contribution in [0, 0.1) is 5.82 Å². The van der Waals surface area contributed by atoms with Crippen molar-refractivity contribution >= 4 is 11.9 Å². The molecule has 2 aromatic carbocycles. The summed E-state index contributed by atoms with van der Waals surface area (Å²) in [6.45, 7) is 1.70. The van der Waals surface area contributed by atoms with Gasteiger partial charge in [0.15, 0.2) is 0 Å². The molecule has 8 heteroatoms. The highest BCUT2D eigenvalue weighted by Crippen LogP contribution is 2.33. The Kier molecular flexibility index (Phi) is 4.38. The van der Waals surface area contributed by atoms with E-state index in [1.807, 2.05) is 37.3 Å². The Morgan fingerprint density at radius 2 is 1.79 bits per heavy atom. The number of carbonyl (C=O) groups excluding carboxylic acids is 2. The van der Waals surface area contributed by atoms with Crippen molar-refractivity contribution in [2.24, 2.45) is 0 Å². The van der Waals surface area contributed by atoms with Crippen molar-refractivity contribution < 1.29 is 18.4 Å². The van der Waals surface area contributed by atoms with Gasteiger partial charge in [-0.1, -0.05) is 37.3 Å². The van der Waals surface area contributed by atoms with E-state index in [0.29, 0.717) is 12.0 Å². The van der Waals surface area contributed by atoms with Gasteiger partial charge in [0.25, 0.3) is 5.91 Å². The molecule has 2 heterocycles. The molecule has 1 aromatic heterocycles. The van der Waals surface area contributed by atoms with E-state index in [9.17, 15) is 14.0 Å². The molecule has 0 saturated carbocycles. The maximum Gasteiger partial charge on any atom is 0.325 e. The minimum absolute atomic E-state index is 0.114. The number of imide groups is 1. The number of carbonyl (C=O) groups is 2. The van der Waals surface area contributed by atoms with E-state index in [-0.39, 0.29) is 30.1 Å². The van der Waals surface area contributed by atoms with Gasteiger partial charge in [0.1, 0.15) is 17.9 Å². The average molecular weight is 380 g/mol. The minimum Gasteiger partial charge on any atom is -0.419 e. The Balaban J connectivity index is 1.58. The number of benzene rings is 2. The van der Waals surface area contributed by atoms with Gasteiger partial charge in [0.05, 0.1) is 0 Å². The number of rotatable bonds is 5. The van der Waals surface area contributed by atoms with Crippen molar-refractivity contribution in [2.45, 2.75) is 25.4 Å². The molecule has 3 aromatic rings. The molecule has 0 aliphatic carbocycles. The number of halogens is 1. The highest BCUT2D eigenvalue weighted by Gasteiger charge is 2.51. The molecule has 0 bridgehead atoms. The van der Waals surface area contributed by atoms with Gasteiger partial charge in [-0.2, -0.15) is 0 Å². The largest absolute Gasteiger partial charge is 0.419 e. The summed E-state index contributed by atoms with van der Waals surface area (Å²) in [6.07, 6.45) is 0.406. The van der Waals surface area contributed by atoms with E-state index >= 15 is 0 Å². The van der Waals surface area contributed by atoms with E-state index in [1.165, 1.54) is 24.3 Å². The van der Waals surface area contributed by atoms with Crippen molar-refractivity contribution in [2.75, 3.05) is 0 Å². The first-order chi connectivity index (χ1) is 13.5. The molecule has 1 aliphatic heterocycles. The molecule has 28 heavy (non-hydrogen) atoms. The van der Waals surface area contributed by atoms with E-state index < -0.39 is 11.6 Å². The van der Waals surface area contributed by atoms with E-state index in [2.05, 4.69) is 15.5 Å². The molecule has 3 amide bonds. The van der Waals surface area contributed by atoms with Gasteiger partial charge in [-0.05, 0) is 36.2 Å². The lowest BCUT2D eigenvalue weighted by molar-refractivity contribution is -0.132. The molecule has 1 atom stereocenters. The lowest BCUT2D eigenvalue weighted by atomic mass is 9.87. The number of nitrogens with one attached hydrogen (secondary N) is 1. The molecule has 0 spiro atoms. The molecular weight excluding hydrogens is 363 g/mol. The van der Waals surface area contributed by atoms with Gasteiger partial charge in [0.2, 0.25) is 11.8 Å². The summed E-state index contributed by atoms with van der Waals surface area (Å²) in [5.74, 6) is -0.443. The second-order valence-corrected chi connectivity index (χ2v) is 6.45. The van der Waals surface area contributed by atoms with Crippen LogP contribution >= 0.6 is 0 Å². The average Bonchev–Trinajstić information content (AvgIpc) is 3.28. The van der Waals surface area contributed by atoms with Crippen LogP contribution < -0.4 is 5.32 Å². The SMILES string of the molecule is CC[C@]1(c2ccccc2)NC(=O)N(Cc2nnc(-c3ccc(F)cc3)o2)C1=O. The number of hydrogen-bond donors (Lipinski definition) is 1. The number of hydrogen-bond acceptors (Lipinski definition) is 5. The first-order valence-corrected chi connectivity index (χ1v) is 8.81. The highest BCUT2D eigenvalue weighted by atomic mass is 19.1. The normalized spacial score (nSPS) is 19.1. The van der Waals surface area contributed by atoms with E-state index in [4.69, 9.17) is 4.42 Å². The zero-order chi connectivity index (χ0) is 19.7. The van der Waals surface area contributed by atoms with Crippen molar-refractivity contribution in [1.29, 1.82) is 0 Å². The van der Waals surface area contributed by atoms with Gasteiger partial charge >= 0.3 is 6.03 Å². The lowest BCUT2D eigenvalue weighted by Crippen LogP contribution is -2.43. The predicted molar refractivity (Wildman–Crippen MR) is 97.2 cm³/mol. The molecule has 7 nitrogen and oxygen atoms in total. The molecule has 1 N–H and O–H groups in total. The Bertz CT molecular complexity index is 1020. The van der Waals surface area contributed by atoms with Gasteiger partial charge < -0.3 is 9.73 Å². The summed E-state index contributed by atoms with van der Waals surface area (Å²) in [7, 11) is 0. The molecular formula is C20H17FN4O3. The molecule has 1 fully saturated rings. The quantitative estimate of drug-likeness (QED) is 0.687. The highest BCUT2D eigenvalue weighted by molar-refractivity contribution is 6.07. The summed E-state index contributed by atoms with van der Waals surface area (Å²) in [5, 5.41) is 10.6. The summed E-state index contributed by atoms with van der Waals surface area (Å²) in [6, 6.07) is 14.2. The van der Waals surface area contributed by atoms with Crippen LogP contribution in [0.25, 0.3) is 11.5 Å². The van der Waals surface area contributed by atoms with Gasteiger partial charge in [0, 0.05) is 5.56 Å². The molecule has 4 rings (SSSR count). The van der Waals surface area contributed by atoms with Gasteiger partial charge in [-0.3, -0.25) is 9.69 Å². The first-order valence-electron chi connectivity index (χ1n) is 8.81. The van der Waals surface area contributed by atoms with Gasteiger partial charge in [-0.15, -0.1) is 10.2 Å². The van der Waals surface area contributed by atoms with Crippen LogP contribution in [-0.4, -0.2) is 27.0 Å². The summed E-state index contributed by atoms with van der Waals surface area (Å²) in [5.41, 5.74) is 0.151. The van der Waals surface area contributed by atoms with Crippen LogP contribution in [-0.2, 0) is 16.9 Å². The topological polar surface area (TPSA) is 88.3 Å². The fraction of sp³-hybridized carbons (Fsp3) is 0.200. The molecule has 1 aliphatic rings. The van der Waals surface area contributed by atoms with Crippen LogP contribution in [0.1, 0.15) is 24.8 Å². The van der Waals surface area contributed by atoms with E-state index in [0.717, 1.165) is 10.5 Å². The molecule has 0 unspecified atom stereocenters. The molecule has 1 saturated heterocycles. The molecule has 0 radical (unpaired) electrons. The summed E-state index contributed by atoms with van der Waals surface area (Å²) >= 11 is 0. The monoisotopic (exact) mass is 380 g/mol. The van der Waals surface area contributed by atoms with Crippen LogP contribution in [0.5, 0.6) is 0 Å². The number of amides is 3. The van der Waals surface area contributed by atoms with Crippen molar-refractivity contribution in [3.05, 3.63) is 71.9 Å². The van der Waals surface area contributed by atoms with Crippen LogP contribution in [0.15, 0.2) is 59.0 Å². The number of nitrogens with zero attached hydrogens (tertiary/aromatic N) is 3. The van der Waals surface area contributed by atoms with E-state index in [1.54, 1.807) is 0 Å². The Morgan fingerprint density at radius 1 is 1.07 bits per heavy atom. The Morgan fingerprint density at radius 3 is 2.46 bits per heavy atom. The third kappa shape index (κ3) is 2.92. The maximum atomic E-state index is 13.1. The predicted octanol–water partition coefficient (Wildman–Crippen LogP) is 3.23.